The highest BCUT2D eigenvalue weighted by atomic mass is 35.5. The Balaban J connectivity index is 1.94. The van der Waals surface area contributed by atoms with E-state index in [9.17, 15) is 15.2 Å². The molecule has 1 heterocycles. The van der Waals surface area contributed by atoms with Crippen LogP contribution in [0.4, 0.5) is 17.1 Å². The summed E-state index contributed by atoms with van der Waals surface area (Å²) in [5.41, 5.74) is 3.05. The van der Waals surface area contributed by atoms with E-state index in [1.165, 1.54) is 11.6 Å². The lowest BCUT2D eigenvalue weighted by Crippen LogP contribution is -2.22. The van der Waals surface area contributed by atoms with Gasteiger partial charge in [-0.3, -0.25) is 15.1 Å². The molecule has 0 aromatic heterocycles. The van der Waals surface area contributed by atoms with Gasteiger partial charge in [0, 0.05) is 30.1 Å². The van der Waals surface area contributed by atoms with E-state index in [1.54, 1.807) is 6.21 Å². The number of fused-ring (bicyclic) bond motifs is 1. The van der Waals surface area contributed by atoms with Gasteiger partial charge in [-0.2, -0.15) is 0 Å². The van der Waals surface area contributed by atoms with E-state index in [1.807, 2.05) is 25.3 Å². The average Bonchev–Trinajstić information content (AvgIpc) is 2.78. The van der Waals surface area contributed by atoms with Crippen molar-refractivity contribution in [2.45, 2.75) is 19.3 Å². The molecule has 0 amide bonds. The number of benzene rings is 2. The number of phenolic OH excluding ortho intramolecular Hbond substituents is 1. The van der Waals surface area contributed by atoms with Crippen molar-refractivity contribution < 1.29 is 10.0 Å². The molecule has 134 valence electrons. The van der Waals surface area contributed by atoms with Crippen LogP contribution >= 0.6 is 11.6 Å². The lowest BCUT2D eigenvalue weighted by molar-refractivity contribution is -0.384. The normalized spacial score (nSPS) is 17.1. The predicted octanol–water partition coefficient (Wildman–Crippen LogP) is 4.97. The van der Waals surface area contributed by atoms with E-state index < -0.39 is 4.92 Å². The Morgan fingerprint density at radius 2 is 2.00 bits per heavy atom. The molecule has 1 aliphatic heterocycles. The van der Waals surface area contributed by atoms with Crippen molar-refractivity contribution in [1.29, 1.82) is 0 Å². The molecule has 7 heteroatoms. The number of anilines is 1. The summed E-state index contributed by atoms with van der Waals surface area (Å²) in [6.45, 7) is 4.27. The zero-order valence-electron chi connectivity index (χ0n) is 14.6. The number of phenols is 1. The summed E-state index contributed by atoms with van der Waals surface area (Å²) in [6.07, 6.45) is 3.44. The highest BCUT2D eigenvalue weighted by molar-refractivity contribution is 6.33. The maximum Gasteiger partial charge on any atom is 0.291 e. The van der Waals surface area contributed by atoms with Crippen molar-refractivity contribution in [1.82, 2.24) is 0 Å². The first-order valence-electron chi connectivity index (χ1n) is 7.98. The molecule has 0 atom stereocenters. The molecule has 0 unspecified atom stereocenters. The van der Waals surface area contributed by atoms with Gasteiger partial charge in [-0.1, -0.05) is 43.6 Å². The van der Waals surface area contributed by atoms with Gasteiger partial charge in [0.2, 0.25) is 0 Å². The second kappa shape index (κ2) is 6.46. The van der Waals surface area contributed by atoms with Gasteiger partial charge in [0.1, 0.15) is 16.5 Å². The Labute approximate surface area is 156 Å². The summed E-state index contributed by atoms with van der Waals surface area (Å²) in [4.78, 5) is 16.5. The summed E-state index contributed by atoms with van der Waals surface area (Å²) in [6, 6.07) is 10.5. The van der Waals surface area contributed by atoms with Crippen LogP contribution in [0.5, 0.6) is 5.75 Å². The highest BCUT2D eigenvalue weighted by Crippen LogP contribution is 2.46. The third-order valence-electron chi connectivity index (χ3n) is 4.63. The van der Waals surface area contributed by atoms with Gasteiger partial charge < -0.3 is 10.0 Å². The summed E-state index contributed by atoms with van der Waals surface area (Å²) in [5.74, 6) is -0.293. The van der Waals surface area contributed by atoms with Crippen molar-refractivity contribution >= 4 is 34.9 Å². The minimum Gasteiger partial charge on any atom is -0.505 e. The lowest BCUT2D eigenvalue weighted by atomic mass is 9.84. The molecule has 0 radical (unpaired) electrons. The molecule has 1 N–H and O–H groups in total. The number of halogens is 1. The minimum atomic E-state index is -0.648. The summed E-state index contributed by atoms with van der Waals surface area (Å²) in [5, 5.41) is 20.7. The molecule has 1 aliphatic rings. The fourth-order valence-corrected chi connectivity index (χ4v) is 3.50. The molecule has 2 aromatic rings. The number of nitro benzene ring substituents is 1. The van der Waals surface area contributed by atoms with Crippen molar-refractivity contribution in [3.63, 3.8) is 0 Å². The second-order valence-corrected chi connectivity index (χ2v) is 6.99. The SMILES string of the molecule is CN1C(=CC=Nc2cc(Cl)c([N+](=O)[O-])cc2O)C(C)(C)c2ccccc21. The Hall–Kier alpha value is -2.86. The molecule has 0 saturated heterocycles. The van der Waals surface area contributed by atoms with Gasteiger partial charge >= 0.3 is 0 Å². The molecule has 0 saturated carbocycles. The van der Waals surface area contributed by atoms with E-state index in [0.29, 0.717) is 0 Å². The number of allylic oxidation sites excluding steroid dienone is 2. The van der Waals surface area contributed by atoms with Gasteiger partial charge in [0.15, 0.2) is 0 Å². The highest BCUT2D eigenvalue weighted by Gasteiger charge is 2.37. The maximum atomic E-state index is 10.8. The number of likely N-dealkylation sites (N-methyl/N-ethyl adjacent to an activating group) is 1. The number of aliphatic imine (C=N–C) groups is 1. The maximum absolute atomic E-state index is 10.8. The zero-order chi connectivity index (χ0) is 19.1. The van der Waals surface area contributed by atoms with Crippen LogP contribution in [-0.4, -0.2) is 23.3 Å². The van der Waals surface area contributed by atoms with Gasteiger partial charge in [-0.05, 0) is 23.8 Å². The summed E-state index contributed by atoms with van der Waals surface area (Å²) < 4.78 is 0. The summed E-state index contributed by atoms with van der Waals surface area (Å²) >= 11 is 5.88. The van der Waals surface area contributed by atoms with E-state index in [2.05, 4.69) is 35.9 Å². The van der Waals surface area contributed by atoms with E-state index in [0.717, 1.165) is 17.5 Å². The van der Waals surface area contributed by atoms with Crippen LogP contribution in [0, 0.1) is 10.1 Å². The van der Waals surface area contributed by atoms with E-state index in [4.69, 9.17) is 11.6 Å². The average molecular weight is 372 g/mol. The largest absolute Gasteiger partial charge is 0.505 e. The fourth-order valence-electron chi connectivity index (χ4n) is 3.27. The smallest absolute Gasteiger partial charge is 0.291 e. The first-order chi connectivity index (χ1) is 12.2. The molecule has 6 nitrogen and oxygen atoms in total. The summed E-state index contributed by atoms with van der Waals surface area (Å²) in [7, 11) is 1.99. The fraction of sp³-hybridized carbons (Fsp3) is 0.211. The Bertz CT molecular complexity index is 951. The molecule has 2 aromatic carbocycles. The first kappa shape index (κ1) is 17.9. The standard InChI is InChI=1S/C19H18ClN3O3/c1-19(2)12-6-4-5-7-15(12)22(3)18(19)8-9-21-14-10-13(20)16(23(25)26)11-17(14)24/h4-11,24H,1-3H3. The number of rotatable bonds is 3. The quantitative estimate of drug-likeness (QED) is 0.469. The molecule has 0 fully saturated rings. The van der Waals surface area contributed by atoms with Crippen molar-refractivity contribution in [3.8, 4) is 5.75 Å². The Morgan fingerprint density at radius 1 is 1.31 bits per heavy atom. The molecular formula is C19H18ClN3O3. The van der Waals surface area contributed by atoms with Crippen LogP contribution in [0.3, 0.4) is 0 Å². The van der Waals surface area contributed by atoms with Gasteiger partial charge in [-0.25, -0.2) is 0 Å². The zero-order valence-corrected chi connectivity index (χ0v) is 15.4. The molecular weight excluding hydrogens is 354 g/mol. The number of hydrogen-bond donors (Lipinski definition) is 1. The van der Waals surface area contributed by atoms with Gasteiger partial charge in [-0.15, -0.1) is 0 Å². The molecule has 0 aliphatic carbocycles. The Kier molecular flexibility index (Phi) is 4.46. The molecule has 0 bridgehead atoms. The number of para-hydroxylation sites is 1. The van der Waals surface area contributed by atoms with E-state index >= 15 is 0 Å². The van der Waals surface area contributed by atoms with Crippen LogP contribution in [0.25, 0.3) is 0 Å². The van der Waals surface area contributed by atoms with E-state index in [-0.39, 0.29) is 27.6 Å². The molecule has 0 spiro atoms. The topological polar surface area (TPSA) is 79.0 Å². The van der Waals surface area contributed by atoms with Crippen molar-refractivity contribution in [2.75, 3.05) is 11.9 Å². The van der Waals surface area contributed by atoms with Crippen LogP contribution in [0.2, 0.25) is 5.02 Å². The third-order valence-corrected chi connectivity index (χ3v) is 4.93. The molecule has 26 heavy (non-hydrogen) atoms. The number of nitro groups is 1. The van der Waals surface area contributed by atoms with Gasteiger partial charge in [0.25, 0.3) is 5.69 Å². The number of aromatic hydroxyl groups is 1. The number of hydrogen-bond acceptors (Lipinski definition) is 5. The van der Waals surface area contributed by atoms with Crippen LogP contribution in [0.1, 0.15) is 19.4 Å². The van der Waals surface area contributed by atoms with Crippen LogP contribution in [-0.2, 0) is 5.41 Å². The first-order valence-corrected chi connectivity index (χ1v) is 8.36. The monoisotopic (exact) mass is 371 g/mol. The second-order valence-electron chi connectivity index (χ2n) is 6.58. The predicted molar refractivity (Wildman–Crippen MR) is 104 cm³/mol. The number of nitrogens with zero attached hydrogens (tertiary/aromatic N) is 3. The minimum absolute atomic E-state index is 0.0710. The Morgan fingerprint density at radius 3 is 2.65 bits per heavy atom. The molecule has 3 rings (SSSR count). The van der Waals surface area contributed by atoms with Crippen molar-refractivity contribution in [2.24, 2.45) is 4.99 Å². The van der Waals surface area contributed by atoms with Crippen LogP contribution in [0.15, 0.2) is 53.2 Å². The van der Waals surface area contributed by atoms with Crippen LogP contribution < -0.4 is 4.90 Å². The third kappa shape index (κ3) is 2.93. The van der Waals surface area contributed by atoms with Gasteiger partial charge in [0.05, 0.1) is 11.0 Å². The lowest BCUT2D eigenvalue weighted by Gasteiger charge is -2.23. The van der Waals surface area contributed by atoms with Crippen molar-refractivity contribution in [3.05, 3.63) is 68.9 Å².